The van der Waals surface area contributed by atoms with Crippen molar-refractivity contribution in [1.29, 1.82) is 0 Å². The van der Waals surface area contributed by atoms with Gasteiger partial charge in [0.2, 0.25) is 5.79 Å². The zero-order valence-corrected chi connectivity index (χ0v) is 16.8. The molecule has 0 atom stereocenters. The average Bonchev–Trinajstić information content (AvgIpc) is 2.54. The van der Waals surface area contributed by atoms with E-state index in [2.05, 4.69) is 32.6 Å². The van der Waals surface area contributed by atoms with E-state index >= 15 is 0 Å². The van der Waals surface area contributed by atoms with Crippen LogP contribution in [0.1, 0.15) is 32.6 Å². The summed E-state index contributed by atoms with van der Waals surface area (Å²) >= 11 is 0. The molecule has 0 bridgehead atoms. The Morgan fingerprint density at radius 3 is 1.93 bits per heavy atom. The first kappa shape index (κ1) is 25.1. The van der Waals surface area contributed by atoms with E-state index in [4.69, 9.17) is 31.9 Å². The molecule has 1 saturated heterocycles. The highest BCUT2D eigenvalue weighted by atomic mass is 16.4. The maximum absolute atomic E-state index is 10.3. The maximum Gasteiger partial charge on any atom is 0.336 e. The Kier molecular flexibility index (Phi) is 8.50. The number of piperidine rings is 1. The molecule has 2 heterocycles. The minimum absolute atomic E-state index is 0.306. The van der Waals surface area contributed by atoms with Crippen molar-refractivity contribution in [2.24, 2.45) is 21.5 Å². The lowest BCUT2D eigenvalue weighted by atomic mass is 9.96. The van der Waals surface area contributed by atoms with Gasteiger partial charge in [-0.15, -0.1) is 0 Å². The zero-order chi connectivity index (χ0) is 23.1. The van der Waals surface area contributed by atoms with Crippen molar-refractivity contribution in [2.45, 2.75) is 50.0 Å². The molecule has 2 aliphatic heterocycles. The number of likely N-dealkylation sites (tertiary alicyclic amines) is 1. The predicted molar refractivity (Wildman–Crippen MR) is 106 cm³/mol. The van der Waals surface area contributed by atoms with Gasteiger partial charge < -0.3 is 36.8 Å². The number of carbonyl (C=O) groups is 3. The molecule has 14 nitrogen and oxygen atoms in total. The second kappa shape index (κ2) is 10.2. The summed E-state index contributed by atoms with van der Waals surface area (Å²) in [6.45, 7) is 4.06. The van der Waals surface area contributed by atoms with Gasteiger partial charge in [-0.25, -0.2) is 14.8 Å². The van der Waals surface area contributed by atoms with Crippen LogP contribution < -0.4 is 22.1 Å². The average molecular weight is 431 g/mol. The number of hydrogen-bond acceptors (Lipinski definition) is 11. The van der Waals surface area contributed by atoms with E-state index in [1.54, 1.807) is 0 Å². The van der Waals surface area contributed by atoms with Crippen molar-refractivity contribution >= 4 is 29.8 Å². The summed E-state index contributed by atoms with van der Waals surface area (Å²) in [6, 6.07) is 0.405. The lowest BCUT2D eigenvalue weighted by Gasteiger charge is -2.35. The van der Waals surface area contributed by atoms with Gasteiger partial charge in [-0.2, -0.15) is 0 Å². The van der Waals surface area contributed by atoms with E-state index in [0.29, 0.717) is 18.0 Å². The fraction of sp³-hybridized carbons (Fsp3) is 0.688. The number of nitrogens with zero attached hydrogens (tertiary/aromatic N) is 3. The third-order valence-corrected chi connectivity index (χ3v) is 4.41. The molecule has 0 radical (unpaired) electrons. The van der Waals surface area contributed by atoms with Crippen LogP contribution in [-0.2, 0) is 14.4 Å². The molecule has 14 heteroatoms. The van der Waals surface area contributed by atoms with Crippen molar-refractivity contribution in [3.63, 3.8) is 0 Å². The van der Waals surface area contributed by atoms with E-state index in [9.17, 15) is 14.4 Å². The fourth-order valence-electron chi connectivity index (χ4n) is 3.00. The van der Waals surface area contributed by atoms with E-state index in [1.165, 1.54) is 0 Å². The van der Waals surface area contributed by atoms with Crippen LogP contribution in [0.2, 0.25) is 0 Å². The van der Waals surface area contributed by atoms with Crippen molar-refractivity contribution < 1.29 is 34.8 Å². The maximum atomic E-state index is 10.3. The van der Waals surface area contributed by atoms with Gasteiger partial charge in [0.1, 0.15) is 0 Å². The van der Waals surface area contributed by atoms with Gasteiger partial charge in [0, 0.05) is 6.04 Å². The van der Waals surface area contributed by atoms with E-state index in [0.717, 1.165) is 25.9 Å². The summed E-state index contributed by atoms with van der Waals surface area (Å²) < 4.78 is 0. The molecule has 1 fully saturated rings. The molecule has 0 spiro atoms. The summed E-state index contributed by atoms with van der Waals surface area (Å²) in [7, 11) is 2.13. The standard InChI is InChI=1S/C10H21N7.C6H8O7/c1-10(15-8(11)13-9(12)16-10)14-7-3-5-17(2)6-4-7;7-3(8)1-6(13,5(11)12)2-4(9)10/h7,14H,3-6H2,1-2H3,(H5,11,12,13,15,16);13H,1-2H2,(H,7,8)(H,9,10)(H,11,12). The Morgan fingerprint density at radius 1 is 1.13 bits per heavy atom. The number of nitrogens with two attached hydrogens (primary N) is 2. The van der Waals surface area contributed by atoms with Gasteiger partial charge in [0.05, 0.1) is 12.8 Å². The van der Waals surface area contributed by atoms with E-state index < -0.39 is 42.1 Å². The Bertz CT molecular complexity index is 683. The highest BCUT2D eigenvalue weighted by molar-refractivity contribution is 5.98. The quantitative estimate of drug-likeness (QED) is 0.206. The van der Waals surface area contributed by atoms with Crippen LogP contribution in [0.4, 0.5) is 0 Å². The van der Waals surface area contributed by atoms with Crippen molar-refractivity contribution in [3.05, 3.63) is 0 Å². The topological polar surface area (TPSA) is 236 Å². The summed E-state index contributed by atoms with van der Waals surface area (Å²) in [5.41, 5.74) is 8.58. The summed E-state index contributed by atoms with van der Waals surface area (Å²) in [6.07, 6.45) is -0.113. The Hall–Kier alpha value is -2.97. The predicted octanol–water partition coefficient (Wildman–Crippen LogP) is -2.67. The highest BCUT2D eigenvalue weighted by Gasteiger charge is 2.40. The van der Waals surface area contributed by atoms with Crippen LogP contribution >= 0.6 is 0 Å². The lowest BCUT2D eigenvalue weighted by molar-refractivity contribution is -0.170. The van der Waals surface area contributed by atoms with Crippen LogP contribution in [0.5, 0.6) is 0 Å². The molecule has 0 aromatic rings. The first-order chi connectivity index (χ1) is 13.7. The molecule has 0 aromatic carbocycles. The number of rotatable bonds is 7. The molecule has 0 amide bonds. The van der Waals surface area contributed by atoms with Crippen LogP contribution in [0.15, 0.2) is 9.98 Å². The molecule has 2 rings (SSSR count). The third-order valence-electron chi connectivity index (χ3n) is 4.41. The van der Waals surface area contributed by atoms with Crippen molar-refractivity contribution in [3.8, 4) is 0 Å². The van der Waals surface area contributed by atoms with Gasteiger partial charge in [-0.1, -0.05) is 0 Å². The molecule has 170 valence electrons. The summed E-state index contributed by atoms with van der Waals surface area (Å²) in [5.74, 6) is -5.14. The molecule has 0 saturated carbocycles. The number of aliphatic carboxylic acids is 3. The second-order valence-electron chi connectivity index (χ2n) is 7.34. The highest BCUT2D eigenvalue weighted by Crippen LogP contribution is 2.17. The Balaban J connectivity index is 0.000000314. The SMILES string of the molecule is CN1CCC(NC2(C)N=C(N)NC(N)=N2)CC1.O=C(O)CC(O)(CC(=O)O)C(=O)O. The van der Waals surface area contributed by atoms with Gasteiger partial charge in [-0.3, -0.25) is 20.2 Å². The van der Waals surface area contributed by atoms with E-state index in [-0.39, 0.29) is 0 Å². The van der Waals surface area contributed by atoms with Gasteiger partial charge in [0.25, 0.3) is 0 Å². The Labute approximate surface area is 172 Å². The largest absolute Gasteiger partial charge is 0.481 e. The van der Waals surface area contributed by atoms with Crippen molar-refractivity contribution in [1.82, 2.24) is 15.5 Å². The Morgan fingerprint density at radius 2 is 1.57 bits per heavy atom. The summed E-state index contributed by atoms with van der Waals surface area (Å²) in [5, 5.41) is 39.9. The molecule has 2 aliphatic rings. The number of hydrogen-bond donors (Lipinski definition) is 8. The molecule has 0 unspecified atom stereocenters. The molecule has 10 N–H and O–H groups in total. The van der Waals surface area contributed by atoms with Crippen molar-refractivity contribution in [2.75, 3.05) is 20.1 Å². The number of carboxylic acid groups (broad SMARTS) is 3. The first-order valence-corrected chi connectivity index (χ1v) is 9.08. The van der Waals surface area contributed by atoms with Crippen LogP contribution in [-0.4, -0.2) is 92.7 Å². The molecular weight excluding hydrogens is 402 g/mol. The van der Waals surface area contributed by atoms with Crippen LogP contribution in [0.3, 0.4) is 0 Å². The van der Waals surface area contributed by atoms with Gasteiger partial charge in [-0.05, 0) is 39.9 Å². The number of aliphatic imine (C=N–C) groups is 2. The third kappa shape index (κ3) is 8.18. The monoisotopic (exact) mass is 431 g/mol. The minimum Gasteiger partial charge on any atom is -0.481 e. The number of carboxylic acids is 3. The molecule has 0 aliphatic carbocycles. The van der Waals surface area contributed by atoms with Gasteiger partial charge in [0.15, 0.2) is 17.5 Å². The van der Waals surface area contributed by atoms with Crippen LogP contribution in [0.25, 0.3) is 0 Å². The minimum atomic E-state index is -2.74. The van der Waals surface area contributed by atoms with E-state index in [1.807, 2.05) is 6.92 Å². The smallest absolute Gasteiger partial charge is 0.336 e. The zero-order valence-electron chi connectivity index (χ0n) is 16.8. The number of nitrogens with one attached hydrogen (secondary N) is 2. The lowest BCUT2D eigenvalue weighted by Crippen LogP contribution is -2.56. The fourth-order valence-corrected chi connectivity index (χ4v) is 3.00. The summed E-state index contributed by atoms with van der Waals surface area (Å²) in [4.78, 5) is 41.3. The first-order valence-electron chi connectivity index (χ1n) is 9.08. The molecule has 30 heavy (non-hydrogen) atoms. The number of aliphatic hydroxyl groups is 1. The van der Waals surface area contributed by atoms with Crippen LogP contribution in [0, 0.1) is 0 Å². The van der Waals surface area contributed by atoms with Gasteiger partial charge >= 0.3 is 17.9 Å². The second-order valence-corrected chi connectivity index (χ2v) is 7.34. The molecular formula is C16H29N7O7. The normalized spacial score (nSPS) is 19.4. The number of guanidine groups is 2. The molecule has 0 aromatic heterocycles.